The van der Waals surface area contributed by atoms with Crippen molar-refractivity contribution in [3.63, 3.8) is 0 Å². The molecule has 0 saturated heterocycles. The second kappa shape index (κ2) is 8.39. The van der Waals surface area contributed by atoms with Crippen LogP contribution in [0.1, 0.15) is 48.7 Å². The van der Waals surface area contributed by atoms with Gasteiger partial charge in [-0.05, 0) is 43.2 Å². The van der Waals surface area contributed by atoms with Gasteiger partial charge in [0.05, 0.1) is 11.9 Å². The molecule has 3 aromatic rings. The summed E-state index contributed by atoms with van der Waals surface area (Å²) >= 11 is 0. The average Bonchev–Trinajstić information content (AvgIpc) is 2.75. The van der Waals surface area contributed by atoms with Crippen LogP contribution in [0.4, 0.5) is 0 Å². The van der Waals surface area contributed by atoms with Crippen LogP contribution in [-0.2, 0) is 6.54 Å². The number of carbonyl (C=O) groups excluding carboxylic acids is 1. The highest BCUT2D eigenvalue weighted by Crippen LogP contribution is 2.21. The first-order valence-electron chi connectivity index (χ1n) is 10.0. The highest BCUT2D eigenvalue weighted by atomic mass is 16.2. The molecular formula is C23H24N4O2. The first kappa shape index (κ1) is 19.1. The van der Waals surface area contributed by atoms with E-state index in [1.54, 1.807) is 24.3 Å². The van der Waals surface area contributed by atoms with Gasteiger partial charge in [-0.25, -0.2) is 10.1 Å². The molecule has 1 aromatic heterocycles. The molecule has 148 valence electrons. The van der Waals surface area contributed by atoms with Crippen LogP contribution in [0.2, 0.25) is 0 Å². The molecule has 2 aromatic carbocycles. The molecule has 1 atom stereocenters. The number of hydrogen-bond donors (Lipinski definition) is 1. The summed E-state index contributed by atoms with van der Waals surface area (Å²) in [6, 6.07) is 16.7. The lowest BCUT2D eigenvalue weighted by Gasteiger charge is -2.19. The zero-order chi connectivity index (χ0) is 20.2. The van der Waals surface area contributed by atoms with Gasteiger partial charge in [0.15, 0.2) is 5.69 Å². The van der Waals surface area contributed by atoms with E-state index in [1.807, 2.05) is 30.3 Å². The smallest absolute Gasteiger partial charge is 0.267 e. The Morgan fingerprint density at radius 2 is 1.86 bits per heavy atom. The third kappa shape index (κ3) is 4.26. The van der Waals surface area contributed by atoms with E-state index in [9.17, 15) is 9.59 Å². The summed E-state index contributed by atoms with van der Waals surface area (Å²) in [5.41, 5.74) is 4.62. The molecular weight excluding hydrogens is 364 g/mol. The fourth-order valence-electron chi connectivity index (χ4n) is 3.81. The fourth-order valence-corrected chi connectivity index (χ4v) is 3.81. The molecule has 0 unspecified atom stereocenters. The molecule has 1 aliphatic carbocycles. The van der Waals surface area contributed by atoms with Gasteiger partial charge in [0.2, 0.25) is 0 Å². The Labute approximate surface area is 169 Å². The number of aromatic nitrogens is 2. The van der Waals surface area contributed by atoms with Crippen LogP contribution >= 0.6 is 0 Å². The lowest BCUT2D eigenvalue weighted by Crippen LogP contribution is -2.30. The summed E-state index contributed by atoms with van der Waals surface area (Å²) < 4.78 is 1.35. The Bertz CT molecular complexity index is 1120. The Morgan fingerprint density at radius 3 is 2.62 bits per heavy atom. The topological polar surface area (TPSA) is 76.3 Å². The van der Waals surface area contributed by atoms with Gasteiger partial charge in [0.1, 0.15) is 0 Å². The van der Waals surface area contributed by atoms with Crippen LogP contribution in [0.25, 0.3) is 10.8 Å². The Balaban J connectivity index is 1.69. The van der Waals surface area contributed by atoms with Crippen molar-refractivity contribution in [2.24, 2.45) is 11.0 Å². The summed E-state index contributed by atoms with van der Waals surface area (Å²) in [5, 5.41) is 9.75. The zero-order valence-corrected chi connectivity index (χ0v) is 16.5. The summed E-state index contributed by atoms with van der Waals surface area (Å²) in [6.45, 7) is 2.50. The molecule has 1 N–H and O–H groups in total. The maximum Gasteiger partial charge on any atom is 0.292 e. The van der Waals surface area contributed by atoms with E-state index in [1.165, 1.54) is 11.1 Å². The van der Waals surface area contributed by atoms with Crippen molar-refractivity contribution in [1.82, 2.24) is 15.2 Å². The molecule has 1 heterocycles. The summed E-state index contributed by atoms with van der Waals surface area (Å²) in [4.78, 5) is 25.8. The standard InChI is InChI=1S/C23H24N4O2/c1-16-8-7-11-18(14-16)24-25-22(28)21-19-12-5-6-13-20(19)23(29)27(26-21)15-17-9-3-2-4-10-17/h2-6,9-10,12-13,16H,7-8,11,14-15H2,1H3,(H,25,28)/b24-18-/t16-/m0/s1. The maximum atomic E-state index is 12.9. The lowest BCUT2D eigenvalue weighted by atomic mass is 9.89. The van der Waals surface area contributed by atoms with Crippen LogP contribution in [0.3, 0.4) is 0 Å². The summed E-state index contributed by atoms with van der Waals surface area (Å²) in [6.07, 6.45) is 4.11. The van der Waals surface area contributed by atoms with Crippen molar-refractivity contribution in [3.8, 4) is 0 Å². The van der Waals surface area contributed by atoms with Gasteiger partial charge in [-0.2, -0.15) is 10.2 Å². The minimum absolute atomic E-state index is 0.212. The van der Waals surface area contributed by atoms with Crippen molar-refractivity contribution in [2.45, 2.75) is 39.2 Å². The molecule has 29 heavy (non-hydrogen) atoms. The molecule has 0 radical (unpaired) electrons. The summed E-state index contributed by atoms with van der Waals surface area (Å²) in [7, 11) is 0. The van der Waals surface area contributed by atoms with E-state index in [-0.39, 0.29) is 11.3 Å². The molecule has 1 fully saturated rings. The number of nitrogens with zero attached hydrogens (tertiary/aromatic N) is 3. The van der Waals surface area contributed by atoms with Crippen LogP contribution in [0.5, 0.6) is 0 Å². The van der Waals surface area contributed by atoms with Gasteiger partial charge in [0, 0.05) is 11.1 Å². The van der Waals surface area contributed by atoms with Crippen molar-refractivity contribution in [2.75, 3.05) is 0 Å². The van der Waals surface area contributed by atoms with E-state index in [0.717, 1.165) is 30.5 Å². The minimum Gasteiger partial charge on any atom is -0.267 e. The van der Waals surface area contributed by atoms with Gasteiger partial charge in [-0.15, -0.1) is 0 Å². The number of hydrazone groups is 1. The van der Waals surface area contributed by atoms with Crippen LogP contribution in [0.15, 0.2) is 64.5 Å². The van der Waals surface area contributed by atoms with E-state index in [2.05, 4.69) is 22.5 Å². The number of amides is 1. The molecule has 4 rings (SSSR count). The van der Waals surface area contributed by atoms with Crippen molar-refractivity contribution in [3.05, 3.63) is 76.2 Å². The quantitative estimate of drug-likeness (QED) is 0.692. The van der Waals surface area contributed by atoms with Crippen LogP contribution in [-0.4, -0.2) is 21.4 Å². The number of fused-ring (bicyclic) bond motifs is 1. The lowest BCUT2D eigenvalue weighted by molar-refractivity contribution is 0.0949. The molecule has 6 nitrogen and oxygen atoms in total. The normalized spacial score (nSPS) is 18.1. The highest BCUT2D eigenvalue weighted by Gasteiger charge is 2.18. The van der Waals surface area contributed by atoms with Crippen molar-refractivity contribution < 1.29 is 4.79 Å². The molecule has 6 heteroatoms. The average molecular weight is 388 g/mol. The number of carbonyl (C=O) groups is 1. The molecule has 0 bridgehead atoms. The highest BCUT2D eigenvalue weighted by molar-refractivity contribution is 6.05. The SMILES string of the molecule is C[C@H]1CCC/C(=N/NC(=O)c2nn(Cc3ccccc3)c(=O)c3ccccc23)C1. The van der Waals surface area contributed by atoms with Crippen LogP contribution < -0.4 is 11.0 Å². The second-order valence-corrected chi connectivity index (χ2v) is 7.66. The van der Waals surface area contributed by atoms with Gasteiger partial charge < -0.3 is 0 Å². The van der Waals surface area contributed by atoms with Crippen LogP contribution in [0, 0.1) is 5.92 Å². The second-order valence-electron chi connectivity index (χ2n) is 7.66. The molecule has 1 saturated carbocycles. The van der Waals surface area contributed by atoms with Gasteiger partial charge >= 0.3 is 0 Å². The molecule has 1 aliphatic rings. The monoisotopic (exact) mass is 388 g/mol. The molecule has 0 spiro atoms. The van der Waals surface area contributed by atoms with Gasteiger partial charge in [-0.3, -0.25) is 9.59 Å². The van der Waals surface area contributed by atoms with E-state index >= 15 is 0 Å². The number of benzene rings is 2. The number of rotatable bonds is 4. The van der Waals surface area contributed by atoms with Gasteiger partial charge in [-0.1, -0.05) is 55.5 Å². The molecule has 1 amide bonds. The van der Waals surface area contributed by atoms with Crippen molar-refractivity contribution >= 4 is 22.4 Å². The maximum absolute atomic E-state index is 12.9. The third-order valence-corrected chi connectivity index (χ3v) is 5.32. The van der Waals surface area contributed by atoms with E-state index in [0.29, 0.717) is 23.2 Å². The third-order valence-electron chi connectivity index (χ3n) is 5.32. The summed E-state index contributed by atoms with van der Waals surface area (Å²) in [5.74, 6) is 0.194. The van der Waals surface area contributed by atoms with Gasteiger partial charge in [0.25, 0.3) is 11.5 Å². The van der Waals surface area contributed by atoms with E-state index < -0.39 is 5.91 Å². The predicted molar refractivity (Wildman–Crippen MR) is 114 cm³/mol. The largest absolute Gasteiger partial charge is 0.292 e. The Hall–Kier alpha value is -3.28. The fraction of sp³-hybridized carbons (Fsp3) is 0.304. The number of hydrogen-bond acceptors (Lipinski definition) is 4. The Kier molecular flexibility index (Phi) is 5.51. The minimum atomic E-state index is -0.395. The Morgan fingerprint density at radius 1 is 1.14 bits per heavy atom. The van der Waals surface area contributed by atoms with E-state index in [4.69, 9.17) is 0 Å². The zero-order valence-electron chi connectivity index (χ0n) is 16.5. The molecule has 0 aliphatic heterocycles. The first-order chi connectivity index (χ1) is 14.1. The predicted octanol–water partition coefficient (Wildman–Crippen LogP) is 3.74. The first-order valence-corrected chi connectivity index (χ1v) is 10.0. The van der Waals surface area contributed by atoms with Crippen molar-refractivity contribution in [1.29, 1.82) is 0 Å². The number of nitrogens with one attached hydrogen (secondary N) is 1.